The number of nitrogens with one attached hydrogen (secondary N) is 1. The second-order valence-corrected chi connectivity index (χ2v) is 4.44. The van der Waals surface area contributed by atoms with Crippen LogP contribution in [0.3, 0.4) is 0 Å². The fraction of sp³-hybridized carbons (Fsp3) is 0.250. The number of aromatic nitrogens is 5. The summed E-state index contributed by atoms with van der Waals surface area (Å²) in [5.74, 6) is 0.994. The molecule has 0 bridgehead atoms. The van der Waals surface area contributed by atoms with E-state index in [-0.39, 0.29) is 0 Å². The molecule has 0 saturated heterocycles. The lowest BCUT2D eigenvalue weighted by atomic mass is 10.2. The quantitative estimate of drug-likeness (QED) is 0.693. The van der Waals surface area contributed by atoms with Gasteiger partial charge in [0, 0.05) is 25.5 Å². The van der Waals surface area contributed by atoms with Crippen molar-refractivity contribution in [2.24, 2.45) is 0 Å². The molecular weight excluding hydrogens is 228 g/mol. The Morgan fingerprint density at radius 3 is 3.22 bits per heavy atom. The zero-order chi connectivity index (χ0) is 11.9. The fourth-order valence-electron chi connectivity index (χ4n) is 2.48. The Kier molecular flexibility index (Phi) is 1.91. The molecule has 1 aliphatic heterocycles. The lowest BCUT2D eigenvalue weighted by Gasteiger charge is -2.29. The van der Waals surface area contributed by atoms with E-state index in [0.29, 0.717) is 0 Å². The fourth-order valence-corrected chi connectivity index (χ4v) is 2.48. The molecule has 0 radical (unpaired) electrons. The van der Waals surface area contributed by atoms with Gasteiger partial charge in [0.1, 0.15) is 17.8 Å². The number of anilines is 1. The van der Waals surface area contributed by atoms with Gasteiger partial charge in [-0.15, -0.1) is 0 Å². The number of nitrogens with zero attached hydrogens (tertiary/aromatic N) is 5. The highest BCUT2D eigenvalue weighted by atomic mass is 15.3. The molecule has 0 saturated carbocycles. The minimum Gasteiger partial charge on any atom is -0.348 e. The summed E-state index contributed by atoms with van der Waals surface area (Å²) in [5.41, 5.74) is 2.11. The van der Waals surface area contributed by atoms with E-state index in [2.05, 4.69) is 29.4 Å². The average Bonchev–Trinajstić information content (AvgIpc) is 3.05. The molecule has 90 valence electrons. The van der Waals surface area contributed by atoms with Gasteiger partial charge in [0.2, 0.25) is 0 Å². The molecule has 0 amide bonds. The summed E-state index contributed by atoms with van der Waals surface area (Å²) in [6.07, 6.45) is 7.32. The van der Waals surface area contributed by atoms with Gasteiger partial charge < -0.3 is 14.5 Å². The molecule has 3 aromatic rings. The van der Waals surface area contributed by atoms with Crippen molar-refractivity contribution in [3.05, 3.63) is 36.8 Å². The molecule has 6 nitrogen and oxygen atoms in total. The molecule has 0 unspecified atom stereocenters. The topological polar surface area (TPSA) is 62.6 Å². The number of hydrogen-bond donors (Lipinski definition) is 1. The first-order valence-corrected chi connectivity index (χ1v) is 5.94. The normalized spacial score (nSPS) is 15.0. The zero-order valence-corrected chi connectivity index (χ0v) is 9.74. The van der Waals surface area contributed by atoms with Crippen LogP contribution in [0.25, 0.3) is 11.0 Å². The van der Waals surface area contributed by atoms with Crippen LogP contribution in [-0.2, 0) is 13.1 Å². The molecule has 1 N–H and O–H groups in total. The molecule has 0 aliphatic carbocycles. The lowest BCUT2D eigenvalue weighted by Crippen LogP contribution is -2.33. The standard InChI is InChI=1S/C12H12N6/c1-2-14-11-10(1)12(16-7-15-11)17-3-4-18-8-13-5-9(18)6-17/h1-2,5,7-8H,3-4,6H2,(H,14,15,16). The Labute approximate surface area is 103 Å². The monoisotopic (exact) mass is 240 g/mol. The van der Waals surface area contributed by atoms with Crippen molar-refractivity contribution in [3.8, 4) is 0 Å². The number of hydrogen-bond acceptors (Lipinski definition) is 4. The third kappa shape index (κ3) is 1.32. The van der Waals surface area contributed by atoms with E-state index in [1.54, 1.807) is 6.33 Å². The molecule has 18 heavy (non-hydrogen) atoms. The summed E-state index contributed by atoms with van der Waals surface area (Å²) < 4.78 is 2.19. The van der Waals surface area contributed by atoms with Crippen LogP contribution >= 0.6 is 0 Å². The van der Waals surface area contributed by atoms with E-state index in [1.165, 1.54) is 5.69 Å². The first kappa shape index (κ1) is 9.64. The Morgan fingerprint density at radius 2 is 2.22 bits per heavy atom. The Hall–Kier alpha value is -2.37. The predicted molar refractivity (Wildman–Crippen MR) is 67.2 cm³/mol. The summed E-state index contributed by atoms with van der Waals surface area (Å²) in [5, 5.41) is 1.07. The number of aromatic amines is 1. The van der Waals surface area contributed by atoms with Crippen LogP contribution in [0.4, 0.5) is 5.82 Å². The van der Waals surface area contributed by atoms with Crippen LogP contribution in [-0.4, -0.2) is 31.0 Å². The molecule has 1 aliphatic rings. The van der Waals surface area contributed by atoms with E-state index < -0.39 is 0 Å². The summed E-state index contributed by atoms with van der Waals surface area (Å²) in [7, 11) is 0. The third-order valence-electron chi connectivity index (χ3n) is 3.39. The minimum absolute atomic E-state index is 0.845. The molecule has 0 spiro atoms. The maximum atomic E-state index is 4.43. The van der Waals surface area contributed by atoms with Gasteiger partial charge in [-0.1, -0.05) is 0 Å². The maximum Gasteiger partial charge on any atom is 0.142 e. The third-order valence-corrected chi connectivity index (χ3v) is 3.39. The van der Waals surface area contributed by atoms with Crippen molar-refractivity contribution in [3.63, 3.8) is 0 Å². The molecule has 3 aromatic heterocycles. The van der Waals surface area contributed by atoms with E-state index in [4.69, 9.17) is 0 Å². The van der Waals surface area contributed by atoms with Crippen LogP contribution in [0.5, 0.6) is 0 Å². The largest absolute Gasteiger partial charge is 0.348 e. The highest BCUT2D eigenvalue weighted by Crippen LogP contribution is 2.25. The molecule has 0 fully saturated rings. The van der Waals surface area contributed by atoms with Gasteiger partial charge in [-0.25, -0.2) is 15.0 Å². The first-order valence-electron chi connectivity index (χ1n) is 5.94. The van der Waals surface area contributed by atoms with Crippen LogP contribution < -0.4 is 4.90 Å². The Bertz CT molecular complexity index is 697. The summed E-state index contributed by atoms with van der Waals surface area (Å²) in [6, 6.07) is 2.02. The van der Waals surface area contributed by atoms with Crippen molar-refractivity contribution in [1.82, 2.24) is 24.5 Å². The highest BCUT2D eigenvalue weighted by molar-refractivity contribution is 5.87. The van der Waals surface area contributed by atoms with Crippen LogP contribution in [0, 0.1) is 0 Å². The van der Waals surface area contributed by atoms with Gasteiger partial charge in [0.15, 0.2) is 0 Å². The highest BCUT2D eigenvalue weighted by Gasteiger charge is 2.19. The second kappa shape index (κ2) is 3.56. The number of fused-ring (bicyclic) bond motifs is 2. The molecular formula is C12H12N6. The molecule has 0 atom stereocenters. The SMILES string of the molecule is c1nc(N2CCn3cncc3C2)c2cc[nH]c2n1. The van der Waals surface area contributed by atoms with Crippen molar-refractivity contribution in [2.45, 2.75) is 13.1 Å². The van der Waals surface area contributed by atoms with Crippen LogP contribution in [0.15, 0.2) is 31.1 Å². The Balaban J connectivity index is 1.78. The van der Waals surface area contributed by atoms with Crippen molar-refractivity contribution in [2.75, 3.05) is 11.4 Å². The van der Waals surface area contributed by atoms with E-state index >= 15 is 0 Å². The summed E-state index contributed by atoms with van der Waals surface area (Å²) >= 11 is 0. The minimum atomic E-state index is 0.845. The van der Waals surface area contributed by atoms with E-state index in [9.17, 15) is 0 Å². The van der Waals surface area contributed by atoms with E-state index in [1.807, 2.05) is 24.8 Å². The number of imidazole rings is 1. The average molecular weight is 240 g/mol. The predicted octanol–water partition coefficient (Wildman–Crippen LogP) is 1.17. The summed E-state index contributed by atoms with van der Waals surface area (Å²) in [4.78, 5) is 18.2. The summed E-state index contributed by atoms with van der Waals surface area (Å²) in [6.45, 7) is 2.74. The Morgan fingerprint density at radius 1 is 1.22 bits per heavy atom. The van der Waals surface area contributed by atoms with E-state index in [0.717, 1.165) is 36.5 Å². The first-order chi connectivity index (χ1) is 8.92. The van der Waals surface area contributed by atoms with Gasteiger partial charge in [-0.05, 0) is 6.07 Å². The molecule has 4 rings (SSSR count). The molecule has 6 heteroatoms. The maximum absolute atomic E-state index is 4.43. The van der Waals surface area contributed by atoms with Crippen LogP contribution in [0.2, 0.25) is 0 Å². The lowest BCUT2D eigenvalue weighted by molar-refractivity contribution is 0.568. The zero-order valence-electron chi connectivity index (χ0n) is 9.74. The number of rotatable bonds is 1. The van der Waals surface area contributed by atoms with Gasteiger partial charge in [0.05, 0.1) is 24.0 Å². The van der Waals surface area contributed by atoms with Crippen molar-refractivity contribution >= 4 is 16.9 Å². The van der Waals surface area contributed by atoms with Gasteiger partial charge >= 0.3 is 0 Å². The second-order valence-electron chi connectivity index (χ2n) is 4.44. The molecule has 0 aromatic carbocycles. The van der Waals surface area contributed by atoms with Gasteiger partial charge in [-0.3, -0.25) is 0 Å². The number of H-pyrrole nitrogens is 1. The van der Waals surface area contributed by atoms with Gasteiger partial charge in [0.25, 0.3) is 0 Å². The van der Waals surface area contributed by atoms with Gasteiger partial charge in [-0.2, -0.15) is 0 Å². The smallest absolute Gasteiger partial charge is 0.142 e. The van der Waals surface area contributed by atoms with Crippen LogP contribution in [0.1, 0.15) is 5.69 Å². The van der Waals surface area contributed by atoms with Crippen molar-refractivity contribution < 1.29 is 0 Å². The van der Waals surface area contributed by atoms with Crippen molar-refractivity contribution in [1.29, 1.82) is 0 Å². The molecule has 4 heterocycles.